The summed E-state index contributed by atoms with van der Waals surface area (Å²) < 4.78 is 31.2. The minimum absolute atomic E-state index is 0.193. The normalized spacial score (nSPS) is 11.6. The zero-order chi connectivity index (χ0) is 22.1. The summed E-state index contributed by atoms with van der Waals surface area (Å²) in [7, 11) is -3.52. The fraction of sp³-hybridized carbons (Fsp3) is 0.273. The van der Waals surface area contributed by atoms with Crippen molar-refractivity contribution >= 4 is 33.7 Å². The SMILES string of the molecule is CCN(CC)S(=O)(=O)c1ccc(/C=C/C(=O)OCC(=O)Nc2ccccc2C)cc1. The highest BCUT2D eigenvalue weighted by Gasteiger charge is 2.20. The van der Waals surface area contributed by atoms with Gasteiger partial charge >= 0.3 is 5.97 Å². The summed E-state index contributed by atoms with van der Waals surface area (Å²) in [5.41, 5.74) is 2.20. The number of rotatable bonds is 9. The number of sulfonamides is 1. The predicted molar refractivity (Wildman–Crippen MR) is 116 cm³/mol. The van der Waals surface area contributed by atoms with Crippen LogP contribution in [0.25, 0.3) is 6.08 Å². The van der Waals surface area contributed by atoms with Crippen LogP contribution in [-0.2, 0) is 24.3 Å². The van der Waals surface area contributed by atoms with E-state index in [0.717, 1.165) is 5.56 Å². The third-order valence-electron chi connectivity index (χ3n) is 4.40. The van der Waals surface area contributed by atoms with E-state index >= 15 is 0 Å². The molecular weight excluding hydrogens is 404 g/mol. The number of benzene rings is 2. The summed E-state index contributed by atoms with van der Waals surface area (Å²) in [6, 6.07) is 13.5. The van der Waals surface area contributed by atoms with Gasteiger partial charge in [-0.05, 0) is 42.3 Å². The smallest absolute Gasteiger partial charge is 0.331 e. The molecule has 0 aliphatic carbocycles. The van der Waals surface area contributed by atoms with Crippen molar-refractivity contribution in [1.29, 1.82) is 0 Å². The fourth-order valence-electron chi connectivity index (χ4n) is 2.71. The van der Waals surface area contributed by atoms with Gasteiger partial charge in [0.05, 0.1) is 4.90 Å². The third-order valence-corrected chi connectivity index (χ3v) is 6.46. The maximum absolute atomic E-state index is 12.5. The fourth-order valence-corrected chi connectivity index (χ4v) is 4.17. The molecular formula is C22H26N2O5S. The molecule has 0 aliphatic heterocycles. The minimum atomic E-state index is -3.52. The van der Waals surface area contributed by atoms with E-state index in [4.69, 9.17) is 4.74 Å². The summed E-state index contributed by atoms with van der Waals surface area (Å²) in [4.78, 5) is 23.9. The molecule has 160 valence electrons. The van der Waals surface area contributed by atoms with Crippen LogP contribution in [0.2, 0.25) is 0 Å². The van der Waals surface area contributed by atoms with E-state index in [1.165, 1.54) is 28.6 Å². The lowest BCUT2D eigenvalue weighted by Gasteiger charge is -2.18. The number of ether oxygens (including phenoxy) is 1. The van der Waals surface area contributed by atoms with Gasteiger partial charge in [0.1, 0.15) is 0 Å². The average Bonchev–Trinajstić information content (AvgIpc) is 2.73. The lowest BCUT2D eigenvalue weighted by atomic mass is 10.2. The molecule has 7 nitrogen and oxygen atoms in total. The van der Waals surface area contributed by atoms with Crippen LogP contribution >= 0.6 is 0 Å². The van der Waals surface area contributed by atoms with Gasteiger partial charge in [0, 0.05) is 24.9 Å². The third kappa shape index (κ3) is 6.27. The molecule has 2 rings (SSSR count). The van der Waals surface area contributed by atoms with Crippen LogP contribution in [0.5, 0.6) is 0 Å². The monoisotopic (exact) mass is 430 g/mol. The average molecular weight is 431 g/mol. The number of para-hydroxylation sites is 1. The predicted octanol–water partition coefficient (Wildman–Crippen LogP) is 3.22. The Balaban J connectivity index is 1.90. The van der Waals surface area contributed by atoms with Crippen LogP contribution in [0.3, 0.4) is 0 Å². The van der Waals surface area contributed by atoms with Crippen LogP contribution in [0.15, 0.2) is 59.5 Å². The summed E-state index contributed by atoms with van der Waals surface area (Å²) in [5.74, 6) is -1.10. The van der Waals surface area contributed by atoms with Gasteiger partial charge in [-0.1, -0.05) is 44.2 Å². The molecule has 0 bridgehead atoms. The Kier molecular flexibility index (Phi) is 8.32. The first-order chi connectivity index (χ1) is 14.3. The lowest BCUT2D eigenvalue weighted by Crippen LogP contribution is -2.30. The molecule has 30 heavy (non-hydrogen) atoms. The van der Waals surface area contributed by atoms with Crippen LogP contribution in [0.4, 0.5) is 5.69 Å². The maximum atomic E-state index is 12.5. The molecule has 0 radical (unpaired) electrons. The topological polar surface area (TPSA) is 92.8 Å². The Morgan fingerprint density at radius 1 is 1.03 bits per heavy atom. The summed E-state index contributed by atoms with van der Waals surface area (Å²) in [6.45, 7) is 5.81. The van der Waals surface area contributed by atoms with E-state index in [-0.39, 0.29) is 4.90 Å². The molecule has 2 aromatic carbocycles. The molecule has 8 heteroatoms. The van der Waals surface area contributed by atoms with Crippen molar-refractivity contribution in [3.8, 4) is 0 Å². The lowest BCUT2D eigenvalue weighted by molar-refractivity contribution is -0.142. The highest BCUT2D eigenvalue weighted by molar-refractivity contribution is 7.89. The molecule has 0 aliphatic rings. The molecule has 1 N–H and O–H groups in total. The number of aryl methyl sites for hydroxylation is 1. The molecule has 2 aromatic rings. The molecule has 1 amide bonds. The van der Waals surface area contributed by atoms with Gasteiger partial charge in [-0.2, -0.15) is 4.31 Å². The van der Waals surface area contributed by atoms with Gasteiger partial charge < -0.3 is 10.1 Å². The van der Waals surface area contributed by atoms with Gasteiger partial charge in [0.15, 0.2) is 6.61 Å². The molecule has 0 fully saturated rings. The van der Waals surface area contributed by atoms with Crippen molar-refractivity contribution in [3.63, 3.8) is 0 Å². The largest absolute Gasteiger partial charge is 0.452 e. The van der Waals surface area contributed by atoms with Crippen molar-refractivity contribution in [1.82, 2.24) is 4.31 Å². The Bertz CT molecular complexity index is 1010. The number of nitrogens with zero attached hydrogens (tertiary/aromatic N) is 1. The first-order valence-corrected chi connectivity index (χ1v) is 11.0. The quantitative estimate of drug-likeness (QED) is 0.487. The molecule has 0 unspecified atom stereocenters. The van der Waals surface area contributed by atoms with Crippen molar-refractivity contribution in [2.45, 2.75) is 25.7 Å². The Morgan fingerprint density at radius 3 is 2.27 bits per heavy atom. The van der Waals surface area contributed by atoms with Crippen LogP contribution in [0.1, 0.15) is 25.0 Å². The molecule has 0 heterocycles. The van der Waals surface area contributed by atoms with Crippen LogP contribution in [0, 0.1) is 6.92 Å². The van der Waals surface area contributed by atoms with Gasteiger partial charge in [-0.25, -0.2) is 13.2 Å². The van der Waals surface area contributed by atoms with Crippen molar-refractivity contribution in [2.24, 2.45) is 0 Å². The van der Waals surface area contributed by atoms with Gasteiger partial charge in [-0.3, -0.25) is 4.79 Å². The van der Waals surface area contributed by atoms with Crippen LogP contribution in [-0.4, -0.2) is 44.3 Å². The minimum Gasteiger partial charge on any atom is -0.452 e. The van der Waals surface area contributed by atoms with Crippen molar-refractivity contribution in [2.75, 3.05) is 25.0 Å². The Labute approximate surface area is 177 Å². The Morgan fingerprint density at radius 2 is 1.67 bits per heavy atom. The first-order valence-electron chi connectivity index (χ1n) is 9.58. The zero-order valence-electron chi connectivity index (χ0n) is 17.3. The van der Waals surface area contributed by atoms with E-state index in [1.54, 1.807) is 38.1 Å². The van der Waals surface area contributed by atoms with E-state index < -0.39 is 28.5 Å². The van der Waals surface area contributed by atoms with E-state index in [1.807, 2.05) is 19.1 Å². The van der Waals surface area contributed by atoms with Crippen molar-refractivity contribution in [3.05, 3.63) is 65.7 Å². The summed E-state index contributed by atoms with van der Waals surface area (Å²) >= 11 is 0. The van der Waals surface area contributed by atoms with Gasteiger partial charge in [0.2, 0.25) is 10.0 Å². The summed E-state index contributed by atoms with van der Waals surface area (Å²) in [5, 5.41) is 2.68. The number of anilines is 1. The molecule has 0 saturated carbocycles. The number of hydrogen-bond acceptors (Lipinski definition) is 5. The van der Waals surface area contributed by atoms with E-state index in [9.17, 15) is 18.0 Å². The molecule has 0 aromatic heterocycles. The zero-order valence-corrected chi connectivity index (χ0v) is 18.1. The number of carbonyl (C=O) groups is 2. The second-order valence-corrected chi connectivity index (χ2v) is 8.40. The molecule has 0 spiro atoms. The highest BCUT2D eigenvalue weighted by Crippen LogP contribution is 2.17. The van der Waals surface area contributed by atoms with Gasteiger partial charge in [0.25, 0.3) is 5.91 Å². The number of nitrogens with one attached hydrogen (secondary N) is 1. The molecule has 0 atom stereocenters. The van der Waals surface area contributed by atoms with Crippen molar-refractivity contribution < 1.29 is 22.7 Å². The Hall–Kier alpha value is -2.97. The summed E-state index contributed by atoms with van der Waals surface area (Å²) in [6.07, 6.45) is 2.68. The number of hydrogen-bond donors (Lipinski definition) is 1. The second kappa shape index (κ2) is 10.7. The van der Waals surface area contributed by atoms with Crippen LogP contribution < -0.4 is 5.32 Å². The first kappa shape index (κ1) is 23.3. The standard InChI is InChI=1S/C22H26N2O5S/c1-4-24(5-2)30(27,28)19-13-10-18(11-14-19)12-15-22(26)29-16-21(25)23-20-9-7-6-8-17(20)3/h6-15H,4-5,16H2,1-3H3,(H,23,25)/b15-12+. The van der Waals surface area contributed by atoms with Gasteiger partial charge in [-0.15, -0.1) is 0 Å². The van der Waals surface area contributed by atoms with E-state index in [0.29, 0.717) is 24.3 Å². The maximum Gasteiger partial charge on any atom is 0.331 e. The van der Waals surface area contributed by atoms with E-state index in [2.05, 4.69) is 5.32 Å². The second-order valence-electron chi connectivity index (χ2n) is 6.46. The molecule has 0 saturated heterocycles. The number of esters is 1. The number of carbonyl (C=O) groups excluding carboxylic acids is 2. The highest BCUT2D eigenvalue weighted by atomic mass is 32.2. The number of amides is 1.